The maximum atomic E-state index is 4.55. The standard InChI is InChI=1S/C13H25BS/c1-10(11(2)15)9-13(14-3)12-7-5-4-6-8-12/h10-11,14-15H,4-9H2,1-3H3. The summed E-state index contributed by atoms with van der Waals surface area (Å²) in [5.41, 5.74) is 3.52. The molecule has 0 nitrogen and oxygen atoms in total. The van der Waals surface area contributed by atoms with Crippen molar-refractivity contribution in [1.82, 2.24) is 0 Å². The van der Waals surface area contributed by atoms with Crippen LogP contribution in [0.15, 0.2) is 11.0 Å². The predicted octanol–water partition coefficient (Wildman–Crippen LogP) is 4.03. The first kappa shape index (κ1) is 13.2. The molecule has 0 aromatic carbocycles. The van der Waals surface area contributed by atoms with Gasteiger partial charge in [-0.05, 0) is 38.0 Å². The summed E-state index contributed by atoms with van der Waals surface area (Å²) in [5, 5.41) is 0.524. The SMILES string of the molecule is CBC(CC(C)C(C)S)=C1CCCCC1. The summed E-state index contributed by atoms with van der Waals surface area (Å²) in [6, 6.07) is 0. The molecular weight excluding hydrogens is 199 g/mol. The number of allylic oxidation sites excluding steroid dienone is 2. The first-order chi connectivity index (χ1) is 7.15. The van der Waals surface area contributed by atoms with E-state index < -0.39 is 0 Å². The topological polar surface area (TPSA) is 0 Å². The van der Waals surface area contributed by atoms with Crippen LogP contribution in [-0.2, 0) is 0 Å². The van der Waals surface area contributed by atoms with Crippen molar-refractivity contribution in [3.05, 3.63) is 11.0 Å². The van der Waals surface area contributed by atoms with Crippen molar-refractivity contribution in [1.29, 1.82) is 0 Å². The molecule has 15 heavy (non-hydrogen) atoms. The van der Waals surface area contributed by atoms with Crippen LogP contribution in [0.2, 0.25) is 6.82 Å². The summed E-state index contributed by atoms with van der Waals surface area (Å²) in [7, 11) is 1.25. The number of hydrogen-bond acceptors (Lipinski definition) is 1. The quantitative estimate of drug-likeness (QED) is 0.541. The lowest BCUT2D eigenvalue weighted by Crippen LogP contribution is -2.12. The van der Waals surface area contributed by atoms with E-state index in [9.17, 15) is 0 Å². The summed E-state index contributed by atoms with van der Waals surface area (Å²) in [5.74, 6) is 0.720. The Morgan fingerprint density at radius 3 is 2.33 bits per heavy atom. The molecule has 0 radical (unpaired) electrons. The van der Waals surface area contributed by atoms with E-state index in [1.165, 1.54) is 45.8 Å². The van der Waals surface area contributed by atoms with Crippen LogP contribution in [0, 0.1) is 5.92 Å². The maximum absolute atomic E-state index is 4.55. The molecule has 0 heterocycles. The Morgan fingerprint density at radius 1 is 1.27 bits per heavy atom. The molecule has 0 saturated heterocycles. The van der Waals surface area contributed by atoms with E-state index in [1.807, 2.05) is 0 Å². The Hall–Kier alpha value is 0.155. The fraction of sp³-hybridized carbons (Fsp3) is 0.846. The Morgan fingerprint density at radius 2 is 1.87 bits per heavy atom. The van der Waals surface area contributed by atoms with Crippen molar-refractivity contribution < 1.29 is 0 Å². The van der Waals surface area contributed by atoms with Gasteiger partial charge < -0.3 is 0 Å². The Kier molecular flexibility index (Phi) is 5.88. The van der Waals surface area contributed by atoms with E-state index in [4.69, 9.17) is 0 Å². The molecule has 1 aliphatic carbocycles. The van der Waals surface area contributed by atoms with E-state index in [1.54, 1.807) is 11.0 Å². The van der Waals surface area contributed by atoms with Gasteiger partial charge >= 0.3 is 0 Å². The lowest BCUT2D eigenvalue weighted by molar-refractivity contribution is 0.559. The van der Waals surface area contributed by atoms with Crippen LogP contribution in [-0.4, -0.2) is 12.5 Å². The average molecular weight is 224 g/mol. The van der Waals surface area contributed by atoms with E-state index in [-0.39, 0.29) is 0 Å². The minimum atomic E-state index is 0.524. The summed E-state index contributed by atoms with van der Waals surface area (Å²) in [6.07, 6.45) is 8.30. The highest BCUT2D eigenvalue weighted by molar-refractivity contribution is 7.80. The number of thiol groups is 1. The smallest absolute Gasteiger partial charge is 0.149 e. The molecule has 0 aromatic rings. The van der Waals surface area contributed by atoms with Crippen LogP contribution in [0.1, 0.15) is 52.4 Å². The predicted molar refractivity (Wildman–Crippen MR) is 75.4 cm³/mol. The van der Waals surface area contributed by atoms with Crippen molar-refractivity contribution in [2.45, 2.75) is 64.4 Å². The van der Waals surface area contributed by atoms with Gasteiger partial charge in [0.2, 0.25) is 0 Å². The van der Waals surface area contributed by atoms with E-state index in [0.29, 0.717) is 5.25 Å². The molecule has 86 valence electrons. The number of rotatable bonds is 4. The minimum absolute atomic E-state index is 0.524. The van der Waals surface area contributed by atoms with Crippen LogP contribution < -0.4 is 0 Å². The second-order valence-electron chi connectivity index (χ2n) is 5.04. The third kappa shape index (κ3) is 4.26. The summed E-state index contributed by atoms with van der Waals surface area (Å²) < 4.78 is 0. The lowest BCUT2D eigenvalue weighted by atomic mass is 9.65. The fourth-order valence-electron chi connectivity index (χ4n) is 2.43. The van der Waals surface area contributed by atoms with Crippen LogP contribution in [0.3, 0.4) is 0 Å². The zero-order chi connectivity index (χ0) is 11.3. The Bertz CT molecular complexity index is 213. The van der Waals surface area contributed by atoms with Gasteiger partial charge in [-0.25, -0.2) is 0 Å². The summed E-state index contributed by atoms with van der Waals surface area (Å²) >= 11 is 4.55. The fourth-order valence-corrected chi connectivity index (χ4v) is 2.54. The first-order valence-electron chi connectivity index (χ1n) is 6.53. The van der Waals surface area contributed by atoms with Gasteiger partial charge in [0.1, 0.15) is 7.28 Å². The normalized spacial score (nSPS) is 20.9. The lowest BCUT2D eigenvalue weighted by Gasteiger charge is -2.22. The third-order valence-electron chi connectivity index (χ3n) is 3.78. The molecule has 0 amide bonds. The molecular formula is C13H25BS. The van der Waals surface area contributed by atoms with Crippen molar-refractivity contribution in [2.75, 3.05) is 0 Å². The zero-order valence-electron chi connectivity index (χ0n) is 10.6. The van der Waals surface area contributed by atoms with Gasteiger partial charge in [0.15, 0.2) is 0 Å². The molecule has 1 aliphatic rings. The highest BCUT2D eigenvalue weighted by Crippen LogP contribution is 2.29. The summed E-state index contributed by atoms with van der Waals surface area (Å²) in [4.78, 5) is 0. The minimum Gasteiger partial charge on any atom is -0.176 e. The van der Waals surface area contributed by atoms with Crippen LogP contribution in [0.5, 0.6) is 0 Å². The largest absolute Gasteiger partial charge is 0.176 e. The molecule has 1 fully saturated rings. The van der Waals surface area contributed by atoms with E-state index >= 15 is 0 Å². The molecule has 0 N–H and O–H groups in total. The monoisotopic (exact) mass is 224 g/mol. The zero-order valence-corrected chi connectivity index (χ0v) is 11.4. The number of hydrogen-bond donors (Lipinski definition) is 1. The van der Waals surface area contributed by atoms with Gasteiger partial charge in [-0.1, -0.05) is 32.7 Å². The van der Waals surface area contributed by atoms with Gasteiger partial charge in [-0.2, -0.15) is 12.6 Å². The van der Waals surface area contributed by atoms with Crippen molar-refractivity contribution in [3.8, 4) is 0 Å². The molecule has 2 unspecified atom stereocenters. The maximum Gasteiger partial charge on any atom is 0.149 e. The van der Waals surface area contributed by atoms with Gasteiger partial charge in [0, 0.05) is 5.25 Å². The first-order valence-corrected chi connectivity index (χ1v) is 7.04. The van der Waals surface area contributed by atoms with E-state index in [0.717, 1.165) is 5.92 Å². The molecule has 0 spiro atoms. The van der Waals surface area contributed by atoms with Crippen molar-refractivity contribution in [3.63, 3.8) is 0 Å². The highest BCUT2D eigenvalue weighted by Gasteiger charge is 2.14. The Balaban J connectivity index is 2.60. The molecule has 2 atom stereocenters. The molecule has 2 heteroatoms. The molecule has 0 bridgehead atoms. The van der Waals surface area contributed by atoms with Crippen molar-refractivity contribution in [2.24, 2.45) is 5.92 Å². The molecule has 1 rings (SSSR count). The van der Waals surface area contributed by atoms with Gasteiger partial charge in [0.25, 0.3) is 0 Å². The van der Waals surface area contributed by atoms with Crippen LogP contribution in [0.4, 0.5) is 0 Å². The van der Waals surface area contributed by atoms with E-state index in [2.05, 4.69) is 33.3 Å². The third-order valence-corrected chi connectivity index (χ3v) is 4.28. The molecule has 0 aliphatic heterocycles. The molecule has 0 aromatic heterocycles. The average Bonchev–Trinajstić information content (AvgIpc) is 2.26. The Labute approximate surface area is 102 Å². The van der Waals surface area contributed by atoms with Gasteiger partial charge in [-0.3, -0.25) is 0 Å². The van der Waals surface area contributed by atoms with Crippen LogP contribution in [0.25, 0.3) is 0 Å². The summed E-state index contributed by atoms with van der Waals surface area (Å²) in [6.45, 7) is 6.86. The second-order valence-corrected chi connectivity index (χ2v) is 5.86. The van der Waals surface area contributed by atoms with Crippen molar-refractivity contribution >= 4 is 19.9 Å². The second kappa shape index (κ2) is 6.68. The van der Waals surface area contributed by atoms with Gasteiger partial charge in [-0.15, -0.1) is 5.47 Å². The highest BCUT2D eigenvalue weighted by atomic mass is 32.1. The molecule has 1 saturated carbocycles. The van der Waals surface area contributed by atoms with Crippen LogP contribution >= 0.6 is 12.6 Å². The van der Waals surface area contributed by atoms with Gasteiger partial charge in [0.05, 0.1) is 0 Å².